The minimum atomic E-state index is -0.126. The largest absolute Gasteiger partial charge is 0.208 e. The van der Waals surface area contributed by atoms with E-state index in [2.05, 4.69) is 184 Å². The molecule has 274 valence electrons. The van der Waals surface area contributed by atoms with Crippen molar-refractivity contribution in [2.24, 2.45) is 0 Å². The zero-order chi connectivity index (χ0) is 38.8. The van der Waals surface area contributed by atoms with Crippen LogP contribution in [0.25, 0.3) is 98.8 Å². The zero-order valence-electron chi connectivity index (χ0n) is 32.1. The quantitative estimate of drug-likeness (QED) is 0.169. The molecule has 2 heterocycles. The van der Waals surface area contributed by atoms with Crippen molar-refractivity contribution in [2.45, 2.75) is 19.3 Å². The number of nitrogens with zero attached hydrogens (tertiary/aromatic N) is 3. The molecule has 1 aliphatic carbocycles. The third-order valence-electron chi connectivity index (χ3n) is 11.8. The molecule has 1 aliphatic rings. The summed E-state index contributed by atoms with van der Waals surface area (Å²) in [6.45, 7) is 4.61. The number of aromatic nitrogens is 3. The van der Waals surface area contributed by atoms with Crippen LogP contribution in [0.1, 0.15) is 25.0 Å². The molecule has 0 bridgehead atoms. The molecule has 8 aromatic carbocycles. The predicted octanol–water partition coefficient (Wildman–Crippen LogP) is 14.5. The van der Waals surface area contributed by atoms with Gasteiger partial charge in [0.25, 0.3) is 0 Å². The lowest BCUT2D eigenvalue weighted by molar-refractivity contribution is 0.660. The minimum absolute atomic E-state index is 0.126. The lowest BCUT2D eigenvalue weighted by Crippen LogP contribution is -2.14. The molecule has 0 saturated heterocycles. The standard InChI is InChI=1S/C54H37N3S/c1-54(2)46-25-8-6-21-44(46)49-45(24-13-26-47(49)54)53-56-51(36-14-4-3-5-15-36)55-52(57-53)40-19-11-18-39(33-40)38-17-10-16-37(32-38)34-28-30-35(31-29-34)41-22-12-23-43-42-20-7-9-27-48(42)58-50(41)43/h3-33H,1-2H3. The number of hydrogen-bond acceptors (Lipinski definition) is 4. The normalized spacial score (nSPS) is 12.8. The first-order chi connectivity index (χ1) is 28.5. The lowest BCUT2D eigenvalue weighted by Gasteiger charge is -2.21. The first-order valence-electron chi connectivity index (χ1n) is 19.8. The molecule has 2 aromatic heterocycles. The van der Waals surface area contributed by atoms with Gasteiger partial charge in [0.15, 0.2) is 17.5 Å². The second-order valence-corrected chi connectivity index (χ2v) is 16.6. The van der Waals surface area contributed by atoms with Gasteiger partial charge in [0.2, 0.25) is 0 Å². The number of benzene rings is 8. The van der Waals surface area contributed by atoms with E-state index >= 15 is 0 Å². The number of rotatable bonds is 6. The molecule has 0 N–H and O–H groups in total. The van der Waals surface area contributed by atoms with Gasteiger partial charge in [-0.2, -0.15) is 0 Å². The summed E-state index contributed by atoms with van der Waals surface area (Å²) in [6.07, 6.45) is 0. The zero-order valence-corrected chi connectivity index (χ0v) is 33.0. The van der Waals surface area contributed by atoms with Crippen molar-refractivity contribution in [3.63, 3.8) is 0 Å². The van der Waals surface area contributed by atoms with Crippen molar-refractivity contribution >= 4 is 31.5 Å². The summed E-state index contributed by atoms with van der Waals surface area (Å²) in [5.41, 5.74) is 14.9. The fraction of sp³-hybridized carbons (Fsp3) is 0.0556. The van der Waals surface area contributed by atoms with Crippen molar-refractivity contribution < 1.29 is 0 Å². The molecular weight excluding hydrogens is 723 g/mol. The molecule has 0 atom stereocenters. The molecular formula is C54H37N3S. The Labute approximate surface area is 342 Å². The fourth-order valence-corrected chi connectivity index (χ4v) is 10.1. The SMILES string of the molecule is CC1(C)c2ccccc2-c2c(-c3nc(-c4ccccc4)nc(-c4cccc(-c5cccc(-c6ccc(-c7cccc8c7sc7ccccc78)cc6)c5)c4)n3)cccc21. The summed E-state index contributed by atoms with van der Waals surface area (Å²) >= 11 is 1.87. The molecule has 0 saturated carbocycles. The molecule has 11 rings (SSSR count). The number of thiophene rings is 1. The molecule has 0 unspecified atom stereocenters. The molecule has 4 heteroatoms. The van der Waals surface area contributed by atoms with Gasteiger partial charge >= 0.3 is 0 Å². The van der Waals surface area contributed by atoms with Gasteiger partial charge in [-0.05, 0) is 73.8 Å². The average molecular weight is 760 g/mol. The highest BCUT2D eigenvalue weighted by Gasteiger charge is 2.37. The highest BCUT2D eigenvalue weighted by molar-refractivity contribution is 7.26. The Morgan fingerprint density at radius 3 is 1.69 bits per heavy atom. The van der Waals surface area contributed by atoms with Crippen LogP contribution >= 0.6 is 11.3 Å². The number of fused-ring (bicyclic) bond motifs is 6. The van der Waals surface area contributed by atoms with Gasteiger partial charge in [-0.3, -0.25) is 0 Å². The third kappa shape index (κ3) is 5.68. The van der Waals surface area contributed by atoms with Gasteiger partial charge in [-0.15, -0.1) is 11.3 Å². The summed E-state index contributed by atoms with van der Waals surface area (Å²) in [4.78, 5) is 15.5. The van der Waals surface area contributed by atoms with E-state index in [0.717, 1.165) is 27.8 Å². The summed E-state index contributed by atoms with van der Waals surface area (Å²) in [5, 5.41) is 2.64. The van der Waals surface area contributed by atoms with E-state index in [1.807, 2.05) is 29.5 Å². The monoisotopic (exact) mass is 759 g/mol. The van der Waals surface area contributed by atoms with E-state index in [0.29, 0.717) is 17.5 Å². The second-order valence-electron chi connectivity index (χ2n) is 15.6. The van der Waals surface area contributed by atoms with Gasteiger partial charge in [-0.25, -0.2) is 15.0 Å². The van der Waals surface area contributed by atoms with Crippen molar-refractivity contribution in [1.29, 1.82) is 0 Å². The minimum Gasteiger partial charge on any atom is -0.208 e. The van der Waals surface area contributed by atoms with Crippen LogP contribution in [0.15, 0.2) is 188 Å². The maximum Gasteiger partial charge on any atom is 0.164 e. The van der Waals surface area contributed by atoms with Gasteiger partial charge in [-0.1, -0.05) is 184 Å². The molecule has 0 aliphatic heterocycles. The highest BCUT2D eigenvalue weighted by Crippen LogP contribution is 2.51. The van der Waals surface area contributed by atoms with Gasteiger partial charge in [0, 0.05) is 42.3 Å². The summed E-state index contributed by atoms with van der Waals surface area (Å²) in [7, 11) is 0. The Hall–Kier alpha value is -7.01. The van der Waals surface area contributed by atoms with E-state index in [1.165, 1.54) is 64.7 Å². The Morgan fingerprint density at radius 2 is 0.879 bits per heavy atom. The molecule has 0 amide bonds. The molecule has 0 fully saturated rings. The van der Waals surface area contributed by atoms with Crippen molar-refractivity contribution in [2.75, 3.05) is 0 Å². The summed E-state index contributed by atoms with van der Waals surface area (Å²) in [5.74, 6) is 1.98. The van der Waals surface area contributed by atoms with Crippen LogP contribution in [-0.4, -0.2) is 15.0 Å². The fourth-order valence-electron chi connectivity index (χ4n) is 8.82. The Morgan fingerprint density at radius 1 is 0.362 bits per heavy atom. The maximum atomic E-state index is 5.24. The predicted molar refractivity (Wildman–Crippen MR) is 243 cm³/mol. The first kappa shape index (κ1) is 34.3. The van der Waals surface area contributed by atoms with Crippen LogP contribution in [0.2, 0.25) is 0 Å². The van der Waals surface area contributed by atoms with E-state index in [-0.39, 0.29) is 5.41 Å². The maximum absolute atomic E-state index is 5.24. The Balaban J connectivity index is 0.967. The molecule has 0 spiro atoms. The van der Waals surface area contributed by atoms with Gasteiger partial charge in [0.1, 0.15) is 0 Å². The van der Waals surface area contributed by atoms with E-state index < -0.39 is 0 Å². The van der Waals surface area contributed by atoms with Crippen LogP contribution in [0.5, 0.6) is 0 Å². The highest BCUT2D eigenvalue weighted by atomic mass is 32.1. The van der Waals surface area contributed by atoms with Gasteiger partial charge < -0.3 is 0 Å². The summed E-state index contributed by atoms with van der Waals surface area (Å²) in [6, 6.07) is 67.2. The molecule has 0 radical (unpaired) electrons. The van der Waals surface area contributed by atoms with Crippen LogP contribution in [-0.2, 0) is 5.41 Å². The number of hydrogen-bond donors (Lipinski definition) is 0. The smallest absolute Gasteiger partial charge is 0.164 e. The van der Waals surface area contributed by atoms with Crippen LogP contribution in [0.3, 0.4) is 0 Å². The lowest BCUT2D eigenvalue weighted by atomic mass is 9.82. The molecule has 58 heavy (non-hydrogen) atoms. The van der Waals surface area contributed by atoms with Crippen molar-refractivity contribution in [1.82, 2.24) is 15.0 Å². The molecule has 10 aromatic rings. The van der Waals surface area contributed by atoms with Crippen molar-refractivity contribution in [3.8, 4) is 78.7 Å². The van der Waals surface area contributed by atoms with Crippen LogP contribution in [0, 0.1) is 0 Å². The Bertz CT molecular complexity index is 3200. The van der Waals surface area contributed by atoms with E-state index in [9.17, 15) is 0 Å². The van der Waals surface area contributed by atoms with Crippen LogP contribution in [0.4, 0.5) is 0 Å². The second kappa shape index (κ2) is 13.6. The van der Waals surface area contributed by atoms with E-state index in [1.54, 1.807) is 0 Å². The van der Waals surface area contributed by atoms with Gasteiger partial charge in [0.05, 0.1) is 0 Å². The molecule has 3 nitrogen and oxygen atoms in total. The first-order valence-corrected chi connectivity index (χ1v) is 20.6. The third-order valence-corrected chi connectivity index (χ3v) is 13.0. The van der Waals surface area contributed by atoms with Crippen molar-refractivity contribution in [3.05, 3.63) is 199 Å². The topological polar surface area (TPSA) is 38.7 Å². The summed E-state index contributed by atoms with van der Waals surface area (Å²) < 4.78 is 2.66. The van der Waals surface area contributed by atoms with E-state index in [4.69, 9.17) is 15.0 Å². The Kier molecular flexibility index (Phi) is 8.02. The average Bonchev–Trinajstić information content (AvgIpc) is 3.79. The van der Waals surface area contributed by atoms with Crippen LogP contribution < -0.4 is 0 Å².